The van der Waals surface area contributed by atoms with E-state index >= 15 is 0 Å². The van der Waals surface area contributed by atoms with Crippen molar-refractivity contribution in [3.63, 3.8) is 0 Å². The molecular weight excluding hydrogens is 601 g/mol. The zero-order chi connectivity index (χ0) is 31.6. The highest BCUT2D eigenvalue weighted by Crippen LogP contribution is 2.46. The van der Waals surface area contributed by atoms with Gasteiger partial charge in [0.1, 0.15) is 10.5 Å². The molecule has 3 aromatic heterocycles. The van der Waals surface area contributed by atoms with Gasteiger partial charge in [-0.3, -0.25) is 9.20 Å². The number of sulfonamides is 1. The van der Waals surface area contributed by atoms with E-state index in [9.17, 15) is 36.8 Å². The number of hydrogen-bond donors (Lipinski definition) is 1. The van der Waals surface area contributed by atoms with Crippen molar-refractivity contribution < 1.29 is 36.2 Å². The topological polar surface area (TPSA) is 151 Å². The maximum Gasteiger partial charge on any atom is 0.452 e. The van der Waals surface area contributed by atoms with E-state index in [4.69, 9.17) is 4.74 Å². The molecule has 1 aliphatic carbocycles. The molecule has 44 heavy (non-hydrogen) atoms. The molecule has 228 valence electrons. The Bertz CT molecular complexity index is 1980. The highest BCUT2D eigenvalue weighted by Gasteiger charge is 2.52. The first kappa shape index (κ1) is 29.5. The van der Waals surface area contributed by atoms with Gasteiger partial charge in [0.15, 0.2) is 5.65 Å². The molecular formula is C29H25F3N6O5S. The molecule has 1 spiro atoms. The largest absolute Gasteiger partial charge is 0.481 e. The second-order valence-corrected chi connectivity index (χ2v) is 13.1. The molecule has 1 atom stereocenters. The summed E-state index contributed by atoms with van der Waals surface area (Å²) < 4.78 is 76.2. The predicted molar refractivity (Wildman–Crippen MR) is 147 cm³/mol. The van der Waals surface area contributed by atoms with Crippen LogP contribution >= 0.6 is 0 Å². The summed E-state index contributed by atoms with van der Waals surface area (Å²) >= 11 is 0. The molecule has 0 amide bonds. The summed E-state index contributed by atoms with van der Waals surface area (Å²) in [6.45, 7) is 3.08. The summed E-state index contributed by atoms with van der Waals surface area (Å²) in [6.07, 6.45) is -1.25. The number of carbonyl (C=O) groups is 1. The summed E-state index contributed by atoms with van der Waals surface area (Å²) in [5, 5.41) is 26.7. The van der Waals surface area contributed by atoms with Crippen LogP contribution in [0.25, 0.3) is 5.65 Å². The second-order valence-electron chi connectivity index (χ2n) is 11.2. The Labute approximate surface area is 249 Å². The molecule has 0 bridgehead atoms. The fraction of sp³-hybridized carbons (Fsp3) is 0.345. The number of carboxylic acid groups (broad SMARTS) is 1. The Morgan fingerprint density at radius 1 is 1.20 bits per heavy atom. The summed E-state index contributed by atoms with van der Waals surface area (Å²) in [6, 6.07) is 9.60. The average molecular weight is 627 g/mol. The number of pyridine rings is 2. The van der Waals surface area contributed by atoms with Crippen molar-refractivity contribution in [3.8, 4) is 11.9 Å². The van der Waals surface area contributed by atoms with E-state index in [1.807, 2.05) is 0 Å². The zero-order valence-corrected chi connectivity index (χ0v) is 24.3. The number of nitriles is 1. The molecule has 4 aromatic rings. The highest BCUT2D eigenvalue weighted by molar-refractivity contribution is 7.89. The van der Waals surface area contributed by atoms with Crippen LogP contribution in [0.15, 0.2) is 47.6 Å². The van der Waals surface area contributed by atoms with E-state index in [1.54, 1.807) is 19.1 Å². The molecule has 0 radical (unpaired) electrons. The summed E-state index contributed by atoms with van der Waals surface area (Å²) in [5.74, 6) is -3.21. The van der Waals surface area contributed by atoms with Gasteiger partial charge in [-0.25, -0.2) is 13.4 Å². The van der Waals surface area contributed by atoms with Crippen molar-refractivity contribution in [3.05, 3.63) is 81.9 Å². The number of rotatable bonds is 6. The van der Waals surface area contributed by atoms with Crippen molar-refractivity contribution in [2.75, 3.05) is 6.54 Å². The molecule has 6 rings (SSSR count). The zero-order valence-electron chi connectivity index (χ0n) is 23.5. The minimum absolute atomic E-state index is 0.0272. The summed E-state index contributed by atoms with van der Waals surface area (Å²) in [7, 11) is -4.11. The van der Waals surface area contributed by atoms with Crippen molar-refractivity contribution in [1.29, 1.82) is 5.26 Å². The Morgan fingerprint density at radius 2 is 1.95 bits per heavy atom. The lowest BCUT2D eigenvalue weighted by atomic mass is 9.85. The van der Waals surface area contributed by atoms with E-state index in [-0.39, 0.29) is 35.1 Å². The highest BCUT2D eigenvalue weighted by atomic mass is 32.2. The van der Waals surface area contributed by atoms with Crippen LogP contribution in [0, 0.1) is 25.2 Å². The fourth-order valence-corrected chi connectivity index (χ4v) is 7.27. The van der Waals surface area contributed by atoms with Crippen LogP contribution < -0.4 is 4.74 Å². The number of ether oxygens (including phenoxy) is 1. The van der Waals surface area contributed by atoms with Gasteiger partial charge in [0.25, 0.3) is 0 Å². The smallest absolute Gasteiger partial charge is 0.452 e. The Morgan fingerprint density at radius 3 is 2.61 bits per heavy atom. The molecule has 1 unspecified atom stereocenters. The molecule has 1 fully saturated rings. The van der Waals surface area contributed by atoms with Crippen molar-refractivity contribution >= 4 is 21.6 Å². The fourth-order valence-electron chi connectivity index (χ4n) is 5.62. The Balaban J connectivity index is 1.43. The third-order valence-corrected chi connectivity index (χ3v) is 9.82. The molecule has 4 heterocycles. The number of aryl methyl sites for hydroxylation is 2. The molecule has 0 saturated heterocycles. The number of benzene rings is 1. The minimum atomic E-state index is -4.75. The van der Waals surface area contributed by atoms with Crippen LogP contribution in [0.1, 0.15) is 64.4 Å². The van der Waals surface area contributed by atoms with Gasteiger partial charge in [-0.1, -0.05) is 12.1 Å². The van der Waals surface area contributed by atoms with Gasteiger partial charge in [0.05, 0.1) is 24.6 Å². The lowest BCUT2D eigenvalue weighted by molar-refractivity contribution is -0.145. The second kappa shape index (κ2) is 10.3. The molecule has 1 N–H and O–H groups in total. The number of nitrogens with zero attached hydrogens (tertiary/aromatic N) is 6. The quantitative estimate of drug-likeness (QED) is 0.329. The van der Waals surface area contributed by atoms with Gasteiger partial charge >= 0.3 is 12.1 Å². The number of aromatic nitrogens is 4. The van der Waals surface area contributed by atoms with E-state index < -0.39 is 45.9 Å². The first-order chi connectivity index (χ1) is 20.7. The van der Waals surface area contributed by atoms with Gasteiger partial charge in [-0.15, -0.1) is 10.2 Å². The van der Waals surface area contributed by atoms with Crippen molar-refractivity contribution in [1.82, 2.24) is 23.9 Å². The van der Waals surface area contributed by atoms with Crippen LogP contribution in [0.5, 0.6) is 5.88 Å². The maximum atomic E-state index is 13.9. The van der Waals surface area contributed by atoms with E-state index in [0.29, 0.717) is 40.7 Å². The number of halogens is 3. The van der Waals surface area contributed by atoms with Gasteiger partial charge in [0, 0.05) is 24.9 Å². The first-order valence-corrected chi connectivity index (χ1v) is 15.0. The van der Waals surface area contributed by atoms with Crippen molar-refractivity contribution in [2.45, 2.75) is 62.2 Å². The minimum Gasteiger partial charge on any atom is -0.481 e. The lowest BCUT2D eigenvalue weighted by Gasteiger charge is -2.24. The lowest BCUT2D eigenvalue weighted by Crippen LogP contribution is -2.38. The van der Waals surface area contributed by atoms with Crippen LogP contribution in [0.3, 0.4) is 0 Å². The van der Waals surface area contributed by atoms with Gasteiger partial charge in [-0.05, 0) is 72.7 Å². The summed E-state index contributed by atoms with van der Waals surface area (Å²) in [5.41, 5.74) is 1.48. The molecule has 1 aromatic carbocycles. The SMILES string of the molecule is Cc1cnc2c(c1)S(=O)(=O)N(Cc1cc(C(CC(=O)O)c3ccn4c(C(F)(F)F)nnc4c3C)ccc1C#N)CC1(CC1)O2. The van der Waals surface area contributed by atoms with E-state index in [1.165, 1.54) is 35.6 Å². The Kier molecular flexibility index (Phi) is 6.89. The van der Waals surface area contributed by atoms with Crippen LogP contribution in [0.4, 0.5) is 13.2 Å². The first-order valence-electron chi connectivity index (χ1n) is 13.5. The Hall–Kier alpha value is -4.55. The van der Waals surface area contributed by atoms with Crippen LogP contribution in [-0.2, 0) is 27.5 Å². The standard InChI is InChI=1S/C29H25F3N6O5S/c1-16-9-23-26(34-13-16)43-28(6-7-28)15-37(44(23,41)42)14-20-10-18(3-4-19(20)12-33)22(11-24(39)40)21-5-8-38-25(17(21)2)35-36-27(38)29(30,31)32/h3-5,8-10,13,22H,6-7,11,14-15H2,1-2H3,(H,39,40). The predicted octanol–water partition coefficient (Wildman–Crippen LogP) is 4.35. The third kappa shape index (κ3) is 5.13. The third-order valence-electron chi connectivity index (χ3n) is 8.03. The van der Waals surface area contributed by atoms with E-state index in [0.717, 1.165) is 10.6 Å². The van der Waals surface area contributed by atoms with Crippen molar-refractivity contribution in [2.24, 2.45) is 0 Å². The molecule has 2 aliphatic rings. The van der Waals surface area contributed by atoms with Gasteiger partial charge < -0.3 is 9.84 Å². The average Bonchev–Trinajstić information content (AvgIpc) is 3.57. The van der Waals surface area contributed by atoms with E-state index in [2.05, 4.69) is 21.3 Å². The normalized spacial score (nSPS) is 17.8. The maximum absolute atomic E-state index is 13.9. The summed E-state index contributed by atoms with van der Waals surface area (Å²) in [4.78, 5) is 16.1. The molecule has 15 heteroatoms. The van der Waals surface area contributed by atoms with Gasteiger partial charge in [-0.2, -0.15) is 22.7 Å². The van der Waals surface area contributed by atoms with Crippen LogP contribution in [-0.4, -0.2) is 55.5 Å². The molecule has 1 aliphatic heterocycles. The number of hydrogen-bond acceptors (Lipinski definition) is 8. The number of aliphatic carboxylic acids is 1. The van der Waals surface area contributed by atoms with Crippen LogP contribution in [0.2, 0.25) is 0 Å². The van der Waals surface area contributed by atoms with Gasteiger partial charge in [0.2, 0.25) is 21.7 Å². The monoisotopic (exact) mass is 626 g/mol. The molecule has 1 saturated carbocycles. The number of fused-ring (bicyclic) bond motifs is 2. The molecule has 11 nitrogen and oxygen atoms in total. The number of alkyl halides is 3. The number of carboxylic acids is 1.